The number of fused-ring (bicyclic) bond motifs is 1. The monoisotopic (exact) mass is 429 g/mol. The van der Waals surface area contributed by atoms with Crippen LogP contribution in [0.5, 0.6) is 5.75 Å². The Hall–Kier alpha value is -2.74. The van der Waals surface area contributed by atoms with E-state index in [0.29, 0.717) is 23.4 Å². The Kier molecular flexibility index (Phi) is 6.65. The van der Waals surface area contributed by atoms with Gasteiger partial charge in [-0.15, -0.1) is 0 Å². The summed E-state index contributed by atoms with van der Waals surface area (Å²) >= 11 is 0. The standard InChI is InChI=1S/C21H23F2N5O.C2H6/c22-19(23)12-29-18-8-21-25-10-17(28(21)11-15(18)13-4-5-13)16-2-1-3-20(27-16)26-14-6-7-24-9-14;1-2/h1-3,8,10-11,13-14,19,24H,4-7,9,12H2,(H,26,27);1-2H3. The van der Waals surface area contributed by atoms with Crippen molar-refractivity contribution < 1.29 is 13.5 Å². The van der Waals surface area contributed by atoms with Crippen molar-refractivity contribution in [3.63, 3.8) is 0 Å². The van der Waals surface area contributed by atoms with Gasteiger partial charge in [-0.1, -0.05) is 19.9 Å². The lowest BCUT2D eigenvalue weighted by atomic mass is 10.1. The highest BCUT2D eigenvalue weighted by atomic mass is 19.3. The maximum absolute atomic E-state index is 12.6. The fraction of sp³-hybridized carbons (Fsp3) is 0.478. The molecule has 0 amide bonds. The van der Waals surface area contributed by atoms with Gasteiger partial charge in [0.2, 0.25) is 0 Å². The van der Waals surface area contributed by atoms with Crippen LogP contribution in [0.3, 0.4) is 0 Å². The minimum Gasteiger partial charge on any atom is -0.487 e. The molecule has 1 saturated heterocycles. The zero-order valence-corrected chi connectivity index (χ0v) is 17.9. The molecule has 4 heterocycles. The maximum Gasteiger partial charge on any atom is 0.272 e. The van der Waals surface area contributed by atoms with E-state index in [9.17, 15) is 8.78 Å². The van der Waals surface area contributed by atoms with Gasteiger partial charge in [0.25, 0.3) is 6.43 Å². The van der Waals surface area contributed by atoms with Gasteiger partial charge in [0.05, 0.1) is 17.6 Å². The van der Waals surface area contributed by atoms with Crippen molar-refractivity contribution in [2.24, 2.45) is 0 Å². The highest BCUT2D eigenvalue weighted by Crippen LogP contribution is 2.45. The molecule has 1 saturated carbocycles. The van der Waals surface area contributed by atoms with Crippen LogP contribution in [0.1, 0.15) is 44.6 Å². The van der Waals surface area contributed by atoms with E-state index in [0.717, 1.165) is 55.1 Å². The van der Waals surface area contributed by atoms with Gasteiger partial charge in [-0.3, -0.25) is 4.40 Å². The van der Waals surface area contributed by atoms with Crippen LogP contribution >= 0.6 is 0 Å². The van der Waals surface area contributed by atoms with Crippen LogP contribution in [-0.2, 0) is 0 Å². The lowest BCUT2D eigenvalue weighted by Crippen LogP contribution is -2.22. The van der Waals surface area contributed by atoms with E-state index in [1.54, 1.807) is 12.3 Å². The lowest BCUT2D eigenvalue weighted by molar-refractivity contribution is 0.0814. The molecule has 166 valence electrons. The molecule has 1 unspecified atom stereocenters. The van der Waals surface area contributed by atoms with Crippen molar-refractivity contribution in [3.05, 3.63) is 42.2 Å². The summed E-state index contributed by atoms with van der Waals surface area (Å²) in [4.78, 5) is 9.23. The Morgan fingerprint density at radius 3 is 2.81 bits per heavy atom. The van der Waals surface area contributed by atoms with Gasteiger partial charge in [-0.05, 0) is 43.9 Å². The van der Waals surface area contributed by atoms with Gasteiger partial charge in [-0.2, -0.15) is 0 Å². The topological polar surface area (TPSA) is 63.5 Å². The van der Waals surface area contributed by atoms with Crippen molar-refractivity contribution in [2.75, 3.05) is 25.0 Å². The Labute approximate surface area is 181 Å². The Balaban J connectivity index is 0.00000112. The molecule has 2 aliphatic rings. The van der Waals surface area contributed by atoms with Gasteiger partial charge < -0.3 is 15.4 Å². The van der Waals surface area contributed by atoms with Crippen LogP contribution in [0.2, 0.25) is 0 Å². The number of anilines is 1. The van der Waals surface area contributed by atoms with Gasteiger partial charge in [0.1, 0.15) is 23.8 Å². The van der Waals surface area contributed by atoms with Crippen molar-refractivity contribution >= 4 is 11.5 Å². The number of pyridine rings is 2. The molecule has 3 aromatic rings. The normalized spacial score (nSPS) is 18.2. The second-order valence-electron chi connectivity index (χ2n) is 7.68. The predicted octanol–water partition coefficient (Wildman–Crippen LogP) is 4.72. The SMILES string of the molecule is CC.FC(F)COc1cc2ncc(-c3cccc(NC4CCNC4)n3)n2cc1C1CC1. The molecule has 1 aliphatic carbocycles. The van der Waals surface area contributed by atoms with E-state index in [2.05, 4.69) is 15.6 Å². The first-order valence-corrected chi connectivity index (χ1v) is 11.0. The van der Waals surface area contributed by atoms with Crippen LogP contribution in [-0.4, -0.2) is 46.5 Å². The molecule has 5 rings (SSSR count). The second-order valence-corrected chi connectivity index (χ2v) is 7.68. The number of imidazole rings is 1. The molecule has 2 N–H and O–H groups in total. The molecule has 2 fully saturated rings. The molecule has 0 aromatic carbocycles. The van der Waals surface area contributed by atoms with E-state index in [-0.39, 0.29) is 0 Å². The maximum atomic E-state index is 12.6. The van der Waals surface area contributed by atoms with Crippen molar-refractivity contribution in [3.8, 4) is 17.1 Å². The smallest absolute Gasteiger partial charge is 0.272 e. The zero-order valence-electron chi connectivity index (χ0n) is 17.9. The molecule has 1 aliphatic heterocycles. The molecule has 3 aromatic heterocycles. The van der Waals surface area contributed by atoms with Crippen molar-refractivity contribution in [1.29, 1.82) is 0 Å². The van der Waals surface area contributed by atoms with E-state index in [1.807, 2.05) is 42.6 Å². The van der Waals surface area contributed by atoms with Gasteiger partial charge in [-0.25, -0.2) is 18.7 Å². The fourth-order valence-corrected chi connectivity index (χ4v) is 3.83. The third-order valence-corrected chi connectivity index (χ3v) is 5.44. The molecule has 8 heteroatoms. The number of halogens is 2. The van der Waals surface area contributed by atoms with Gasteiger partial charge in [0.15, 0.2) is 0 Å². The van der Waals surface area contributed by atoms with Crippen LogP contribution in [0.4, 0.5) is 14.6 Å². The summed E-state index contributed by atoms with van der Waals surface area (Å²) in [5.74, 6) is 1.71. The van der Waals surface area contributed by atoms with Crippen LogP contribution in [0.15, 0.2) is 36.7 Å². The molecule has 0 spiro atoms. The molecular weight excluding hydrogens is 400 g/mol. The van der Waals surface area contributed by atoms with E-state index in [4.69, 9.17) is 9.72 Å². The summed E-state index contributed by atoms with van der Waals surface area (Å²) in [7, 11) is 0. The molecular formula is C23H29F2N5O. The molecule has 0 radical (unpaired) electrons. The van der Waals surface area contributed by atoms with Gasteiger partial charge in [0, 0.05) is 30.4 Å². The molecule has 0 bridgehead atoms. The summed E-state index contributed by atoms with van der Waals surface area (Å²) in [5, 5.41) is 6.81. The predicted molar refractivity (Wildman–Crippen MR) is 118 cm³/mol. The highest BCUT2D eigenvalue weighted by Gasteiger charge is 2.28. The van der Waals surface area contributed by atoms with Crippen LogP contribution < -0.4 is 15.4 Å². The third-order valence-electron chi connectivity index (χ3n) is 5.44. The quantitative estimate of drug-likeness (QED) is 0.569. The molecule has 31 heavy (non-hydrogen) atoms. The first-order valence-electron chi connectivity index (χ1n) is 11.0. The highest BCUT2D eigenvalue weighted by molar-refractivity contribution is 5.64. The van der Waals surface area contributed by atoms with Crippen LogP contribution in [0.25, 0.3) is 17.0 Å². The number of hydrogen-bond donors (Lipinski definition) is 2. The average molecular weight is 430 g/mol. The minimum absolute atomic E-state index is 0.359. The summed E-state index contributed by atoms with van der Waals surface area (Å²) in [6.07, 6.45) is 4.42. The number of ether oxygens (including phenoxy) is 1. The Morgan fingerprint density at radius 1 is 1.26 bits per heavy atom. The minimum atomic E-state index is -2.50. The number of hydrogen-bond acceptors (Lipinski definition) is 5. The van der Waals surface area contributed by atoms with Crippen molar-refractivity contribution in [2.45, 2.75) is 51.5 Å². The average Bonchev–Trinajstić information content (AvgIpc) is 3.35. The Morgan fingerprint density at radius 2 is 2.10 bits per heavy atom. The summed E-state index contributed by atoms with van der Waals surface area (Å²) in [5.41, 5.74) is 3.31. The number of rotatable bonds is 7. The number of nitrogens with one attached hydrogen (secondary N) is 2. The molecule has 6 nitrogen and oxygen atoms in total. The van der Waals surface area contributed by atoms with E-state index >= 15 is 0 Å². The Bertz CT molecular complexity index is 1010. The first kappa shape index (κ1) is 21.5. The second kappa shape index (κ2) is 9.60. The third kappa shape index (κ3) is 4.95. The van der Waals surface area contributed by atoms with Gasteiger partial charge >= 0.3 is 0 Å². The molecule has 1 atom stereocenters. The lowest BCUT2D eigenvalue weighted by Gasteiger charge is -2.14. The first-order chi connectivity index (χ1) is 15.2. The number of nitrogens with zero attached hydrogens (tertiary/aromatic N) is 3. The van der Waals surface area contributed by atoms with Crippen molar-refractivity contribution in [1.82, 2.24) is 19.7 Å². The summed E-state index contributed by atoms with van der Waals surface area (Å²) in [6, 6.07) is 8.05. The van der Waals surface area contributed by atoms with E-state index in [1.165, 1.54) is 0 Å². The van der Waals surface area contributed by atoms with Crippen LogP contribution in [0, 0.1) is 0 Å². The summed E-state index contributed by atoms with van der Waals surface area (Å²) in [6.45, 7) is 5.35. The number of alkyl halides is 2. The largest absolute Gasteiger partial charge is 0.487 e. The zero-order chi connectivity index (χ0) is 21.8. The van der Waals surface area contributed by atoms with E-state index < -0.39 is 13.0 Å². The number of aromatic nitrogens is 3. The fourth-order valence-electron chi connectivity index (χ4n) is 3.83. The summed E-state index contributed by atoms with van der Waals surface area (Å²) < 4.78 is 32.6.